The Balaban J connectivity index is 2.51. The number of aliphatic carboxylic acids is 1. The standard InChI is InChI=1S/C8H7N3O2S2/c1-14-6-5-7(10-3-9-6)15-2-4(11-5)8(12)13/h3H,2H2,1H3,(H,12,13). The van der Waals surface area contributed by atoms with E-state index in [0.717, 1.165) is 5.03 Å². The van der Waals surface area contributed by atoms with Crippen LogP contribution in [0.4, 0.5) is 5.69 Å². The maximum Gasteiger partial charge on any atom is 0.351 e. The van der Waals surface area contributed by atoms with Crippen LogP contribution in [0.15, 0.2) is 21.4 Å². The zero-order chi connectivity index (χ0) is 10.8. The molecule has 1 aromatic heterocycles. The second kappa shape index (κ2) is 4.19. The zero-order valence-electron chi connectivity index (χ0n) is 7.80. The van der Waals surface area contributed by atoms with Crippen molar-refractivity contribution >= 4 is 40.9 Å². The average molecular weight is 241 g/mol. The van der Waals surface area contributed by atoms with Crippen molar-refractivity contribution in [3.8, 4) is 0 Å². The van der Waals surface area contributed by atoms with Crippen molar-refractivity contribution in [3.05, 3.63) is 6.33 Å². The van der Waals surface area contributed by atoms with Crippen LogP contribution in [0.2, 0.25) is 0 Å². The fourth-order valence-electron chi connectivity index (χ4n) is 1.11. The number of aromatic nitrogens is 2. The number of rotatable bonds is 2. The first-order valence-electron chi connectivity index (χ1n) is 4.05. The lowest BCUT2D eigenvalue weighted by Gasteiger charge is -2.12. The summed E-state index contributed by atoms with van der Waals surface area (Å²) in [4.78, 5) is 22.9. The molecule has 0 bridgehead atoms. The molecule has 0 fully saturated rings. The van der Waals surface area contributed by atoms with Gasteiger partial charge in [0, 0.05) is 5.75 Å². The molecule has 0 radical (unpaired) electrons. The number of fused-ring (bicyclic) bond motifs is 1. The van der Waals surface area contributed by atoms with Crippen LogP contribution in [0.3, 0.4) is 0 Å². The topological polar surface area (TPSA) is 75.4 Å². The molecule has 0 aliphatic carbocycles. The highest BCUT2D eigenvalue weighted by Gasteiger charge is 2.21. The quantitative estimate of drug-likeness (QED) is 0.624. The van der Waals surface area contributed by atoms with Crippen molar-refractivity contribution in [3.63, 3.8) is 0 Å². The van der Waals surface area contributed by atoms with Gasteiger partial charge >= 0.3 is 5.97 Å². The molecule has 15 heavy (non-hydrogen) atoms. The molecule has 0 unspecified atom stereocenters. The monoisotopic (exact) mass is 241 g/mol. The molecule has 2 heterocycles. The minimum Gasteiger partial charge on any atom is -0.477 e. The van der Waals surface area contributed by atoms with Crippen LogP contribution in [0.25, 0.3) is 0 Å². The molecule has 1 N–H and O–H groups in total. The Kier molecular flexibility index (Phi) is 2.92. The van der Waals surface area contributed by atoms with E-state index in [-0.39, 0.29) is 5.71 Å². The van der Waals surface area contributed by atoms with Gasteiger partial charge in [0.2, 0.25) is 0 Å². The van der Waals surface area contributed by atoms with Gasteiger partial charge in [-0.15, -0.1) is 11.8 Å². The molecule has 0 atom stereocenters. The predicted octanol–water partition coefficient (Wildman–Crippen LogP) is 1.46. The summed E-state index contributed by atoms with van der Waals surface area (Å²) in [6.07, 6.45) is 3.34. The van der Waals surface area contributed by atoms with E-state index in [1.807, 2.05) is 6.26 Å². The number of carboxylic acid groups (broad SMARTS) is 1. The van der Waals surface area contributed by atoms with Crippen molar-refractivity contribution < 1.29 is 9.90 Å². The van der Waals surface area contributed by atoms with Gasteiger partial charge in [-0.2, -0.15) is 0 Å². The number of hydrogen-bond donors (Lipinski definition) is 1. The van der Waals surface area contributed by atoms with Gasteiger partial charge in [0.05, 0.1) is 0 Å². The summed E-state index contributed by atoms with van der Waals surface area (Å²) in [5.41, 5.74) is 0.733. The molecule has 78 valence electrons. The minimum atomic E-state index is -0.982. The molecular weight excluding hydrogens is 234 g/mol. The van der Waals surface area contributed by atoms with Crippen LogP contribution in [0.5, 0.6) is 0 Å². The third-order valence-corrected chi connectivity index (χ3v) is 3.46. The average Bonchev–Trinajstić information content (AvgIpc) is 2.27. The van der Waals surface area contributed by atoms with Crippen molar-refractivity contribution in [2.45, 2.75) is 10.1 Å². The first-order valence-corrected chi connectivity index (χ1v) is 6.26. The molecule has 0 aromatic carbocycles. The molecule has 0 saturated carbocycles. The molecule has 0 saturated heterocycles. The SMILES string of the molecule is CSc1ncnc2c1N=C(C(=O)O)CS2. The van der Waals surface area contributed by atoms with Gasteiger partial charge < -0.3 is 5.11 Å². The van der Waals surface area contributed by atoms with Crippen molar-refractivity contribution in [1.29, 1.82) is 0 Å². The van der Waals surface area contributed by atoms with Crippen LogP contribution >= 0.6 is 23.5 Å². The Labute approximate surface area is 94.4 Å². The number of aliphatic imine (C=N–C) groups is 1. The Morgan fingerprint density at radius 2 is 2.40 bits per heavy atom. The molecule has 1 aliphatic rings. The van der Waals surface area contributed by atoms with Crippen LogP contribution < -0.4 is 0 Å². The first-order chi connectivity index (χ1) is 7.22. The van der Waals surface area contributed by atoms with E-state index in [4.69, 9.17) is 5.11 Å². The molecular formula is C8H7N3O2S2. The van der Waals surface area contributed by atoms with E-state index in [1.54, 1.807) is 0 Å². The zero-order valence-corrected chi connectivity index (χ0v) is 9.43. The predicted molar refractivity (Wildman–Crippen MR) is 59.3 cm³/mol. The van der Waals surface area contributed by atoms with E-state index in [2.05, 4.69) is 15.0 Å². The molecule has 7 heteroatoms. The minimum absolute atomic E-state index is 0.151. The molecule has 0 spiro atoms. The largest absolute Gasteiger partial charge is 0.477 e. The summed E-state index contributed by atoms with van der Waals surface area (Å²) < 4.78 is 0. The summed E-state index contributed by atoms with van der Waals surface area (Å²) in [5.74, 6) is -0.628. The highest BCUT2D eigenvalue weighted by atomic mass is 32.2. The maximum atomic E-state index is 10.8. The normalized spacial score (nSPS) is 14.3. The number of carboxylic acids is 1. The van der Waals surface area contributed by atoms with Gasteiger partial charge in [0.25, 0.3) is 0 Å². The lowest BCUT2D eigenvalue weighted by Crippen LogP contribution is -2.17. The van der Waals surface area contributed by atoms with E-state index < -0.39 is 5.97 Å². The second-order valence-electron chi connectivity index (χ2n) is 2.69. The second-order valence-corrected chi connectivity index (χ2v) is 4.45. The van der Waals surface area contributed by atoms with Gasteiger partial charge in [0.1, 0.15) is 27.8 Å². The molecule has 5 nitrogen and oxygen atoms in total. The highest BCUT2D eigenvalue weighted by molar-refractivity contribution is 8.00. The molecule has 2 rings (SSSR count). The molecule has 0 amide bonds. The maximum absolute atomic E-state index is 10.8. The van der Waals surface area contributed by atoms with E-state index in [9.17, 15) is 4.79 Å². The van der Waals surface area contributed by atoms with Crippen LogP contribution in [-0.2, 0) is 4.79 Å². The van der Waals surface area contributed by atoms with Crippen molar-refractivity contribution in [1.82, 2.24) is 9.97 Å². The van der Waals surface area contributed by atoms with Crippen molar-refractivity contribution in [2.24, 2.45) is 4.99 Å². The van der Waals surface area contributed by atoms with Gasteiger partial charge in [-0.1, -0.05) is 11.8 Å². The molecule has 1 aliphatic heterocycles. The lowest BCUT2D eigenvalue weighted by molar-refractivity contribution is -0.129. The van der Waals surface area contributed by atoms with Gasteiger partial charge in [-0.3, -0.25) is 0 Å². The summed E-state index contributed by atoms with van der Waals surface area (Å²) in [6, 6.07) is 0. The van der Waals surface area contributed by atoms with Crippen LogP contribution in [0, 0.1) is 0 Å². The number of carbonyl (C=O) groups is 1. The number of nitrogens with zero attached hydrogens (tertiary/aromatic N) is 3. The Morgan fingerprint density at radius 3 is 3.07 bits per heavy atom. The smallest absolute Gasteiger partial charge is 0.351 e. The van der Waals surface area contributed by atoms with E-state index in [0.29, 0.717) is 16.5 Å². The lowest BCUT2D eigenvalue weighted by atomic mass is 10.4. The van der Waals surface area contributed by atoms with Gasteiger partial charge in [0.15, 0.2) is 0 Å². The summed E-state index contributed by atoms with van der Waals surface area (Å²) in [6.45, 7) is 0. The Hall–Kier alpha value is -1.08. The third kappa shape index (κ3) is 1.98. The number of hydrogen-bond acceptors (Lipinski definition) is 6. The van der Waals surface area contributed by atoms with E-state index >= 15 is 0 Å². The van der Waals surface area contributed by atoms with Crippen LogP contribution in [0.1, 0.15) is 0 Å². The van der Waals surface area contributed by atoms with Gasteiger partial charge in [-0.05, 0) is 6.26 Å². The fraction of sp³-hybridized carbons (Fsp3) is 0.250. The first kappa shape index (κ1) is 10.4. The summed E-state index contributed by atoms with van der Waals surface area (Å²) in [5, 5.41) is 10.3. The summed E-state index contributed by atoms with van der Waals surface area (Å²) >= 11 is 2.81. The number of thioether (sulfide) groups is 2. The summed E-state index contributed by atoms with van der Waals surface area (Å²) in [7, 11) is 0. The van der Waals surface area contributed by atoms with Gasteiger partial charge in [-0.25, -0.2) is 19.8 Å². The highest BCUT2D eigenvalue weighted by Crippen LogP contribution is 2.37. The van der Waals surface area contributed by atoms with E-state index in [1.165, 1.54) is 29.9 Å². The van der Waals surface area contributed by atoms with Crippen LogP contribution in [-0.4, -0.2) is 38.8 Å². The Bertz CT molecular complexity index is 448. The van der Waals surface area contributed by atoms with Crippen molar-refractivity contribution in [2.75, 3.05) is 12.0 Å². The Morgan fingerprint density at radius 1 is 1.60 bits per heavy atom. The fourth-order valence-corrected chi connectivity index (χ4v) is 2.53. The third-order valence-electron chi connectivity index (χ3n) is 1.79. The molecule has 1 aromatic rings.